The number of aromatic nitrogens is 1. The van der Waals surface area contributed by atoms with Crippen LogP contribution in [0.15, 0.2) is 35.3 Å². The van der Waals surface area contributed by atoms with E-state index >= 15 is 0 Å². The predicted octanol–water partition coefficient (Wildman–Crippen LogP) is 0.842. The summed E-state index contributed by atoms with van der Waals surface area (Å²) in [4.78, 5) is 18.3. The highest BCUT2D eigenvalue weighted by Gasteiger charge is 2.09. The Morgan fingerprint density at radius 1 is 1.44 bits per heavy atom. The number of aromatic amines is 1. The lowest BCUT2D eigenvalue weighted by molar-refractivity contribution is 0.0972. The number of fused-ring (bicyclic) bond motifs is 1. The van der Waals surface area contributed by atoms with Crippen LogP contribution in [0, 0.1) is 0 Å². The highest BCUT2D eigenvalue weighted by molar-refractivity contribution is 6.06. The molecule has 0 aliphatic heterocycles. The van der Waals surface area contributed by atoms with Gasteiger partial charge in [0.2, 0.25) is 0 Å². The topological polar surface area (TPSA) is 83.3 Å². The largest absolute Gasteiger partial charge is 0.370 e. The number of hydrogen-bond donors (Lipinski definition) is 3. The molecule has 0 spiro atoms. The molecule has 0 saturated carbocycles. The van der Waals surface area contributed by atoms with E-state index in [-0.39, 0.29) is 11.9 Å². The zero-order valence-corrected chi connectivity index (χ0v) is 8.82. The van der Waals surface area contributed by atoms with Crippen molar-refractivity contribution in [2.24, 2.45) is 10.7 Å². The quantitative estimate of drug-likeness (QED) is 0.487. The number of H-pyrrole nitrogens is 1. The van der Waals surface area contributed by atoms with Gasteiger partial charge in [-0.15, -0.1) is 0 Å². The normalized spacial score (nSPS) is 11.7. The maximum absolute atomic E-state index is 11.7. The summed E-state index contributed by atoms with van der Waals surface area (Å²) in [7, 11) is 1.51. The van der Waals surface area contributed by atoms with Crippen molar-refractivity contribution < 1.29 is 4.79 Å². The molecule has 1 aromatic carbocycles. The smallest absolute Gasteiger partial charge is 0.274 e. The van der Waals surface area contributed by atoms with E-state index in [9.17, 15) is 4.79 Å². The monoisotopic (exact) mass is 216 g/mol. The van der Waals surface area contributed by atoms with E-state index in [1.54, 1.807) is 6.07 Å². The van der Waals surface area contributed by atoms with Gasteiger partial charge in [-0.05, 0) is 12.1 Å². The summed E-state index contributed by atoms with van der Waals surface area (Å²) >= 11 is 0. The summed E-state index contributed by atoms with van der Waals surface area (Å²) in [6, 6.07) is 9.43. The van der Waals surface area contributed by atoms with Crippen molar-refractivity contribution in [3.05, 3.63) is 36.0 Å². The molecule has 16 heavy (non-hydrogen) atoms. The number of para-hydroxylation sites is 1. The first-order chi connectivity index (χ1) is 7.70. The molecule has 2 rings (SSSR count). The fraction of sp³-hybridized carbons (Fsp3) is 0.0909. The van der Waals surface area contributed by atoms with E-state index < -0.39 is 0 Å². The van der Waals surface area contributed by atoms with Gasteiger partial charge in [0.1, 0.15) is 5.69 Å². The molecule has 82 valence electrons. The minimum atomic E-state index is -0.292. The second kappa shape index (κ2) is 4.06. The molecule has 0 saturated heterocycles. The van der Waals surface area contributed by atoms with Crippen molar-refractivity contribution in [1.29, 1.82) is 0 Å². The third-order valence-electron chi connectivity index (χ3n) is 2.26. The number of aliphatic imine (C=N–C) groups is 1. The summed E-state index contributed by atoms with van der Waals surface area (Å²) in [5.74, 6) is -0.192. The number of amides is 1. The van der Waals surface area contributed by atoms with Crippen LogP contribution < -0.4 is 11.1 Å². The number of nitrogens with one attached hydrogen (secondary N) is 2. The van der Waals surface area contributed by atoms with E-state index in [0.29, 0.717) is 5.69 Å². The molecule has 5 nitrogen and oxygen atoms in total. The Labute approximate surface area is 92.4 Å². The van der Waals surface area contributed by atoms with Gasteiger partial charge < -0.3 is 10.7 Å². The second-order valence-corrected chi connectivity index (χ2v) is 3.33. The van der Waals surface area contributed by atoms with Crippen LogP contribution in [0.3, 0.4) is 0 Å². The highest BCUT2D eigenvalue weighted by Crippen LogP contribution is 2.14. The summed E-state index contributed by atoms with van der Waals surface area (Å²) in [6.07, 6.45) is 0. The molecular formula is C11H12N4O. The fourth-order valence-electron chi connectivity index (χ4n) is 1.44. The van der Waals surface area contributed by atoms with Crippen LogP contribution in [0.5, 0.6) is 0 Å². The van der Waals surface area contributed by atoms with Crippen LogP contribution in [0.2, 0.25) is 0 Å². The van der Waals surface area contributed by atoms with Gasteiger partial charge >= 0.3 is 0 Å². The molecule has 1 amide bonds. The molecule has 0 radical (unpaired) electrons. The van der Waals surface area contributed by atoms with E-state index in [1.165, 1.54) is 7.05 Å². The van der Waals surface area contributed by atoms with Crippen LogP contribution in [0.25, 0.3) is 10.9 Å². The molecule has 0 fully saturated rings. The van der Waals surface area contributed by atoms with Crippen molar-refractivity contribution in [2.45, 2.75) is 0 Å². The lowest BCUT2D eigenvalue weighted by Crippen LogP contribution is -2.36. The SMILES string of the molecule is CN=C(N)NC(=O)c1cc2ccccc2[nH]1. The molecule has 0 bridgehead atoms. The Kier molecular flexibility index (Phi) is 2.59. The number of carbonyl (C=O) groups is 1. The molecule has 5 heteroatoms. The Morgan fingerprint density at radius 2 is 2.19 bits per heavy atom. The summed E-state index contributed by atoms with van der Waals surface area (Å²) in [6.45, 7) is 0. The van der Waals surface area contributed by atoms with E-state index in [0.717, 1.165) is 10.9 Å². The van der Waals surface area contributed by atoms with Crippen LogP contribution in [-0.2, 0) is 0 Å². The van der Waals surface area contributed by atoms with Gasteiger partial charge in [0.25, 0.3) is 5.91 Å². The van der Waals surface area contributed by atoms with Crippen LogP contribution in [0.4, 0.5) is 0 Å². The number of nitrogens with two attached hydrogens (primary N) is 1. The number of benzene rings is 1. The van der Waals surface area contributed by atoms with Crippen molar-refractivity contribution in [3.8, 4) is 0 Å². The minimum Gasteiger partial charge on any atom is -0.370 e. The number of carbonyl (C=O) groups excluding carboxylic acids is 1. The molecule has 0 aliphatic carbocycles. The van der Waals surface area contributed by atoms with Gasteiger partial charge in [-0.1, -0.05) is 18.2 Å². The first kappa shape index (κ1) is 10.2. The third kappa shape index (κ3) is 1.88. The van der Waals surface area contributed by atoms with Crippen LogP contribution in [-0.4, -0.2) is 23.9 Å². The van der Waals surface area contributed by atoms with Gasteiger partial charge in [0.15, 0.2) is 5.96 Å². The maximum Gasteiger partial charge on any atom is 0.274 e. The zero-order valence-electron chi connectivity index (χ0n) is 8.82. The molecule has 1 aromatic heterocycles. The summed E-state index contributed by atoms with van der Waals surface area (Å²) in [5.41, 5.74) is 6.79. The Hall–Kier alpha value is -2.30. The van der Waals surface area contributed by atoms with Crippen LogP contribution in [0.1, 0.15) is 10.5 Å². The van der Waals surface area contributed by atoms with E-state index in [4.69, 9.17) is 5.73 Å². The average molecular weight is 216 g/mol. The standard InChI is InChI=1S/C11H12N4O/c1-13-11(12)15-10(16)9-6-7-4-2-3-5-8(7)14-9/h2-6,14H,1H3,(H3,12,13,15,16). The lowest BCUT2D eigenvalue weighted by atomic mass is 10.2. The Morgan fingerprint density at radius 3 is 2.88 bits per heavy atom. The minimum absolute atomic E-state index is 0.101. The molecule has 0 atom stereocenters. The zero-order chi connectivity index (χ0) is 11.5. The van der Waals surface area contributed by atoms with Gasteiger partial charge in [-0.3, -0.25) is 15.1 Å². The number of nitrogens with zero attached hydrogens (tertiary/aromatic N) is 1. The predicted molar refractivity (Wildman–Crippen MR) is 63.3 cm³/mol. The highest BCUT2D eigenvalue weighted by atomic mass is 16.2. The number of rotatable bonds is 1. The molecule has 2 aromatic rings. The van der Waals surface area contributed by atoms with Crippen molar-refractivity contribution in [2.75, 3.05) is 7.05 Å². The fourth-order valence-corrected chi connectivity index (χ4v) is 1.44. The van der Waals surface area contributed by atoms with Gasteiger partial charge in [-0.2, -0.15) is 0 Å². The van der Waals surface area contributed by atoms with E-state index in [1.807, 2.05) is 24.3 Å². The second-order valence-electron chi connectivity index (χ2n) is 3.33. The molecular weight excluding hydrogens is 204 g/mol. The van der Waals surface area contributed by atoms with Gasteiger partial charge in [-0.25, -0.2) is 0 Å². The lowest BCUT2D eigenvalue weighted by Gasteiger charge is -2.00. The van der Waals surface area contributed by atoms with Crippen molar-refractivity contribution >= 4 is 22.8 Å². The summed E-state index contributed by atoms with van der Waals surface area (Å²) < 4.78 is 0. The molecule has 1 heterocycles. The first-order valence-electron chi connectivity index (χ1n) is 4.82. The number of guanidine groups is 1. The molecule has 0 aliphatic rings. The molecule has 4 N–H and O–H groups in total. The van der Waals surface area contributed by atoms with Crippen molar-refractivity contribution in [1.82, 2.24) is 10.3 Å². The van der Waals surface area contributed by atoms with Gasteiger partial charge in [0, 0.05) is 18.0 Å². The first-order valence-corrected chi connectivity index (χ1v) is 4.82. The van der Waals surface area contributed by atoms with Crippen molar-refractivity contribution in [3.63, 3.8) is 0 Å². The molecule has 0 unspecified atom stereocenters. The third-order valence-corrected chi connectivity index (χ3v) is 2.26. The maximum atomic E-state index is 11.7. The Balaban J connectivity index is 2.30. The van der Waals surface area contributed by atoms with Crippen LogP contribution >= 0.6 is 0 Å². The Bertz CT molecular complexity index is 523. The van der Waals surface area contributed by atoms with Gasteiger partial charge in [0.05, 0.1) is 0 Å². The summed E-state index contributed by atoms with van der Waals surface area (Å²) in [5, 5.41) is 3.45. The average Bonchev–Trinajstić information content (AvgIpc) is 2.72. The van der Waals surface area contributed by atoms with E-state index in [2.05, 4.69) is 15.3 Å². The number of hydrogen-bond acceptors (Lipinski definition) is 2.